The van der Waals surface area contributed by atoms with Crippen molar-refractivity contribution in [2.24, 2.45) is 5.73 Å². The summed E-state index contributed by atoms with van der Waals surface area (Å²) in [6.45, 7) is 0.193. The Morgan fingerprint density at radius 1 is 0.853 bits per heavy atom. The molecule has 9 nitrogen and oxygen atoms in total. The van der Waals surface area contributed by atoms with Crippen molar-refractivity contribution in [3.63, 3.8) is 0 Å². The average Bonchev–Trinajstić information content (AvgIpc) is 3.49. The third-order valence-electron chi connectivity index (χ3n) is 5.99. The number of nitrogens with zero attached hydrogens (tertiary/aromatic N) is 3. The largest absolute Gasteiger partial charge is 0.384 e. The van der Waals surface area contributed by atoms with Gasteiger partial charge in [0.1, 0.15) is 17.5 Å². The van der Waals surface area contributed by atoms with Crippen molar-refractivity contribution in [1.82, 2.24) is 24.8 Å². The van der Waals surface area contributed by atoms with Crippen LogP contribution in [0.1, 0.15) is 43.5 Å². The molecule has 0 spiro atoms. The Balaban J connectivity index is 1.24. The lowest BCUT2D eigenvalue weighted by molar-refractivity contribution is 0.0642. The van der Waals surface area contributed by atoms with Crippen LogP contribution in [0.2, 0.25) is 0 Å². The van der Waals surface area contributed by atoms with Crippen molar-refractivity contribution in [2.45, 2.75) is 13.0 Å². The van der Waals surface area contributed by atoms with Gasteiger partial charge in [-0.05, 0) is 48.0 Å². The number of hydrogen-bond donors (Lipinski definition) is 4. The zero-order chi connectivity index (χ0) is 23.4. The summed E-state index contributed by atoms with van der Waals surface area (Å²) in [5, 5.41) is 7.59. The third kappa shape index (κ3) is 3.22. The van der Waals surface area contributed by atoms with Crippen molar-refractivity contribution in [3.05, 3.63) is 94.6 Å². The van der Waals surface area contributed by atoms with Crippen LogP contribution < -0.4 is 5.73 Å². The maximum absolute atomic E-state index is 12.7. The number of rotatable bonds is 5. The highest BCUT2D eigenvalue weighted by atomic mass is 16.2. The van der Waals surface area contributed by atoms with E-state index in [0.717, 1.165) is 39.3 Å². The highest BCUT2D eigenvalue weighted by Gasteiger charge is 2.34. The number of carbonyl (C=O) groups is 2. The minimum Gasteiger partial charge on any atom is -0.384 e. The summed E-state index contributed by atoms with van der Waals surface area (Å²) in [7, 11) is 0. The number of aromatic nitrogens is 4. The fourth-order valence-corrected chi connectivity index (χ4v) is 4.33. The Labute approximate surface area is 193 Å². The number of amides is 2. The van der Waals surface area contributed by atoms with Gasteiger partial charge >= 0.3 is 0 Å². The molecule has 1 aliphatic heterocycles. The van der Waals surface area contributed by atoms with E-state index in [1.54, 1.807) is 36.4 Å². The predicted octanol–water partition coefficient (Wildman–Crippen LogP) is 3.11. The molecule has 0 atom stereocenters. The number of nitrogens with one attached hydrogen (secondary N) is 3. The number of benzene rings is 3. The van der Waals surface area contributed by atoms with E-state index >= 15 is 0 Å². The van der Waals surface area contributed by atoms with Gasteiger partial charge in [-0.2, -0.15) is 0 Å². The summed E-state index contributed by atoms with van der Waals surface area (Å²) < 4.78 is 0. The first-order valence-electron chi connectivity index (χ1n) is 10.7. The Bertz CT molecular complexity index is 1610. The number of imidazole rings is 2. The lowest BCUT2D eigenvalue weighted by Crippen LogP contribution is -2.29. The van der Waals surface area contributed by atoms with Gasteiger partial charge in [-0.15, -0.1) is 0 Å². The fourth-order valence-electron chi connectivity index (χ4n) is 4.33. The van der Waals surface area contributed by atoms with Gasteiger partial charge in [-0.3, -0.25) is 19.9 Å². The number of nitrogens with two attached hydrogens (primary N) is 1. The molecule has 0 saturated carbocycles. The number of amidine groups is 1. The Kier molecular flexibility index (Phi) is 4.31. The van der Waals surface area contributed by atoms with E-state index < -0.39 is 0 Å². The topological polar surface area (TPSA) is 145 Å². The standard InChI is InChI=1S/C25H19N7O2/c26-23(27)14-6-8-18-20(10-14)31-22(29-18)11-21-28-17-7-5-13(9-19(17)30-21)12-32-24(33)15-3-1-2-4-16(15)25(32)34/h1-10H,11-12H2,(H3,26,27)(H,28,30)(H,29,31). The minimum absolute atomic E-state index is 0.00680. The normalized spacial score (nSPS) is 13.2. The molecule has 9 heteroatoms. The Morgan fingerprint density at radius 2 is 1.44 bits per heavy atom. The maximum atomic E-state index is 12.7. The molecular formula is C25H19N7O2. The van der Waals surface area contributed by atoms with Crippen molar-refractivity contribution >= 4 is 39.7 Å². The molecule has 0 aliphatic carbocycles. The third-order valence-corrected chi connectivity index (χ3v) is 5.99. The first kappa shape index (κ1) is 19.9. The number of aromatic amines is 2. The van der Waals surface area contributed by atoms with Crippen LogP contribution in [0.4, 0.5) is 0 Å². The zero-order valence-corrected chi connectivity index (χ0v) is 17.9. The van der Waals surface area contributed by atoms with E-state index in [4.69, 9.17) is 11.1 Å². The molecule has 0 bridgehead atoms. The lowest BCUT2D eigenvalue weighted by atomic mass is 10.1. The molecule has 5 aromatic rings. The molecule has 6 rings (SSSR count). The van der Waals surface area contributed by atoms with Crippen LogP contribution in [0, 0.1) is 5.41 Å². The van der Waals surface area contributed by atoms with E-state index in [1.807, 2.05) is 24.3 Å². The molecule has 0 saturated heterocycles. The van der Waals surface area contributed by atoms with E-state index in [-0.39, 0.29) is 24.2 Å². The quantitative estimate of drug-likeness (QED) is 0.185. The SMILES string of the molecule is N=C(N)c1ccc2nc(Cc3nc4ccc(CN5C(=O)c6ccccc6C5=O)cc4[nH]3)[nH]c2c1. The average molecular weight is 449 g/mol. The lowest BCUT2D eigenvalue weighted by Gasteiger charge is -2.13. The van der Waals surface area contributed by atoms with E-state index in [1.165, 1.54) is 4.90 Å². The van der Waals surface area contributed by atoms with Crippen molar-refractivity contribution in [3.8, 4) is 0 Å². The summed E-state index contributed by atoms with van der Waals surface area (Å²) in [5.41, 5.74) is 11.1. The van der Waals surface area contributed by atoms with Crippen LogP contribution in [0.3, 0.4) is 0 Å². The van der Waals surface area contributed by atoms with Gasteiger partial charge in [0.25, 0.3) is 11.8 Å². The second-order valence-corrected chi connectivity index (χ2v) is 8.28. The summed E-state index contributed by atoms with van der Waals surface area (Å²) >= 11 is 0. The fraction of sp³-hybridized carbons (Fsp3) is 0.0800. The van der Waals surface area contributed by atoms with Crippen molar-refractivity contribution in [1.29, 1.82) is 5.41 Å². The number of H-pyrrole nitrogens is 2. The molecular weight excluding hydrogens is 430 g/mol. The molecule has 3 heterocycles. The van der Waals surface area contributed by atoms with Gasteiger partial charge in [0.2, 0.25) is 0 Å². The highest BCUT2D eigenvalue weighted by molar-refractivity contribution is 6.21. The van der Waals surface area contributed by atoms with Gasteiger partial charge in [0.15, 0.2) is 0 Å². The summed E-state index contributed by atoms with van der Waals surface area (Å²) in [4.78, 5) is 42.4. The molecule has 0 radical (unpaired) electrons. The van der Waals surface area contributed by atoms with Crippen LogP contribution in [-0.4, -0.2) is 42.5 Å². The Hall–Kier alpha value is -4.79. The van der Waals surface area contributed by atoms with Crippen molar-refractivity contribution < 1.29 is 9.59 Å². The second-order valence-electron chi connectivity index (χ2n) is 8.28. The summed E-state index contributed by atoms with van der Waals surface area (Å²) in [5.74, 6) is 0.930. The molecule has 2 amide bonds. The van der Waals surface area contributed by atoms with Gasteiger partial charge in [0.05, 0.1) is 46.2 Å². The van der Waals surface area contributed by atoms with Crippen LogP contribution in [0.25, 0.3) is 22.1 Å². The highest BCUT2D eigenvalue weighted by Crippen LogP contribution is 2.25. The number of imide groups is 1. The summed E-state index contributed by atoms with van der Waals surface area (Å²) in [6.07, 6.45) is 0.465. The Morgan fingerprint density at radius 3 is 2.06 bits per heavy atom. The maximum Gasteiger partial charge on any atom is 0.261 e. The first-order valence-corrected chi connectivity index (χ1v) is 10.7. The zero-order valence-electron chi connectivity index (χ0n) is 17.9. The predicted molar refractivity (Wildman–Crippen MR) is 127 cm³/mol. The molecule has 3 aromatic carbocycles. The van der Waals surface area contributed by atoms with E-state index in [0.29, 0.717) is 23.1 Å². The number of nitrogen functional groups attached to an aromatic ring is 1. The minimum atomic E-state index is -0.274. The van der Waals surface area contributed by atoms with Crippen LogP contribution in [0.5, 0.6) is 0 Å². The second kappa shape index (κ2) is 7.38. The molecule has 0 unspecified atom stereocenters. The van der Waals surface area contributed by atoms with E-state index in [9.17, 15) is 9.59 Å². The molecule has 5 N–H and O–H groups in total. The molecule has 2 aromatic heterocycles. The number of fused-ring (bicyclic) bond motifs is 3. The van der Waals surface area contributed by atoms with Gasteiger partial charge in [-0.1, -0.05) is 18.2 Å². The van der Waals surface area contributed by atoms with Crippen molar-refractivity contribution in [2.75, 3.05) is 0 Å². The van der Waals surface area contributed by atoms with Gasteiger partial charge in [-0.25, -0.2) is 9.97 Å². The smallest absolute Gasteiger partial charge is 0.261 e. The number of carbonyl (C=O) groups excluding carboxylic acids is 2. The van der Waals surface area contributed by atoms with Gasteiger partial charge in [0, 0.05) is 5.56 Å². The molecule has 34 heavy (non-hydrogen) atoms. The van der Waals surface area contributed by atoms with Crippen LogP contribution >= 0.6 is 0 Å². The monoisotopic (exact) mass is 449 g/mol. The van der Waals surface area contributed by atoms with Crippen LogP contribution in [-0.2, 0) is 13.0 Å². The molecule has 166 valence electrons. The molecule has 0 fully saturated rings. The summed E-state index contributed by atoms with van der Waals surface area (Å²) in [6, 6.07) is 17.9. The molecule has 1 aliphatic rings. The first-order chi connectivity index (χ1) is 16.5. The van der Waals surface area contributed by atoms with Gasteiger partial charge < -0.3 is 15.7 Å². The van der Waals surface area contributed by atoms with E-state index in [2.05, 4.69) is 19.9 Å². The van der Waals surface area contributed by atoms with Crippen LogP contribution in [0.15, 0.2) is 60.7 Å². The number of hydrogen-bond acceptors (Lipinski definition) is 5.